The van der Waals surface area contributed by atoms with Crippen molar-refractivity contribution in [2.75, 3.05) is 5.32 Å². The summed E-state index contributed by atoms with van der Waals surface area (Å²) in [5.74, 6) is -0.0856. The van der Waals surface area contributed by atoms with Gasteiger partial charge in [-0.3, -0.25) is 9.59 Å². The molecule has 0 saturated heterocycles. The van der Waals surface area contributed by atoms with Crippen LogP contribution in [0, 0.1) is 5.92 Å². The number of amides is 2. The van der Waals surface area contributed by atoms with Gasteiger partial charge in [0.2, 0.25) is 5.91 Å². The van der Waals surface area contributed by atoms with Gasteiger partial charge in [-0.25, -0.2) is 0 Å². The van der Waals surface area contributed by atoms with Gasteiger partial charge >= 0.3 is 0 Å². The molecule has 1 fully saturated rings. The summed E-state index contributed by atoms with van der Waals surface area (Å²) in [6.07, 6.45) is 8.87. The van der Waals surface area contributed by atoms with E-state index in [0.717, 1.165) is 32.1 Å². The van der Waals surface area contributed by atoms with Gasteiger partial charge in [-0.1, -0.05) is 24.3 Å². The van der Waals surface area contributed by atoms with E-state index in [4.69, 9.17) is 0 Å². The second-order valence-electron chi connectivity index (χ2n) is 5.76. The minimum atomic E-state index is -0.100. The molecule has 0 radical (unpaired) electrons. The summed E-state index contributed by atoms with van der Waals surface area (Å²) in [6, 6.07) is 7.52. The van der Waals surface area contributed by atoms with Crippen molar-refractivity contribution < 1.29 is 9.59 Å². The first-order valence-corrected chi connectivity index (χ1v) is 7.60. The molecule has 21 heavy (non-hydrogen) atoms. The fourth-order valence-corrected chi connectivity index (χ4v) is 2.55. The highest BCUT2D eigenvalue weighted by Gasteiger charge is 2.25. The van der Waals surface area contributed by atoms with Crippen LogP contribution in [0.2, 0.25) is 0 Å². The molecular formula is C17H20N2O2. The Morgan fingerprint density at radius 2 is 1.86 bits per heavy atom. The van der Waals surface area contributed by atoms with Gasteiger partial charge in [-0.15, -0.1) is 0 Å². The zero-order valence-corrected chi connectivity index (χ0v) is 12.0. The Kier molecular flexibility index (Phi) is 4.04. The van der Waals surface area contributed by atoms with Crippen LogP contribution in [0.25, 0.3) is 0 Å². The van der Waals surface area contributed by atoms with Crippen molar-refractivity contribution in [3.05, 3.63) is 42.0 Å². The minimum absolute atomic E-state index is 0.00558. The van der Waals surface area contributed by atoms with Gasteiger partial charge < -0.3 is 10.6 Å². The highest BCUT2D eigenvalue weighted by molar-refractivity contribution is 6.04. The van der Waals surface area contributed by atoms with Gasteiger partial charge in [-0.2, -0.15) is 0 Å². The Morgan fingerprint density at radius 3 is 2.57 bits per heavy atom. The number of carbonyl (C=O) groups excluding carboxylic acids is 2. The van der Waals surface area contributed by atoms with Crippen LogP contribution in [0.15, 0.2) is 36.4 Å². The average Bonchev–Trinajstić information content (AvgIpc) is 3.32. The molecule has 1 saturated carbocycles. The van der Waals surface area contributed by atoms with Crippen LogP contribution in [0.4, 0.5) is 5.69 Å². The molecule has 2 amide bonds. The zero-order valence-electron chi connectivity index (χ0n) is 12.0. The standard InChI is InChI=1S/C17H20N2O2/c20-16(12-6-2-1-3-7-12)19-15-9-5-4-8-14(15)17(21)18-13-10-11-13/h1-2,4-5,8-9,12-13H,3,6-7,10-11H2,(H,18,21)(H,19,20)/t12-/m1/s1. The molecule has 3 rings (SSSR count). The molecule has 4 heteroatoms. The maximum atomic E-state index is 12.3. The fourth-order valence-electron chi connectivity index (χ4n) is 2.55. The second kappa shape index (κ2) is 6.12. The van der Waals surface area contributed by atoms with Crippen molar-refractivity contribution in [3.63, 3.8) is 0 Å². The lowest BCUT2D eigenvalue weighted by Gasteiger charge is -2.18. The Bertz CT molecular complexity index is 576. The molecule has 0 unspecified atom stereocenters. The lowest BCUT2D eigenvalue weighted by molar-refractivity contribution is -0.120. The maximum absolute atomic E-state index is 12.3. The Hall–Kier alpha value is -2.10. The summed E-state index contributed by atoms with van der Waals surface area (Å²) in [6.45, 7) is 0. The van der Waals surface area contributed by atoms with Crippen LogP contribution >= 0.6 is 0 Å². The molecule has 0 aliphatic heterocycles. The van der Waals surface area contributed by atoms with Gasteiger partial charge in [0.1, 0.15) is 0 Å². The molecule has 2 N–H and O–H groups in total. The van der Waals surface area contributed by atoms with E-state index in [-0.39, 0.29) is 17.7 Å². The minimum Gasteiger partial charge on any atom is -0.349 e. The number of hydrogen-bond donors (Lipinski definition) is 2. The first-order valence-electron chi connectivity index (χ1n) is 7.60. The van der Waals surface area contributed by atoms with Crippen LogP contribution < -0.4 is 10.6 Å². The van der Waals surface area contributed by atoms with E-state index in [2.05, 4.69) is 22.8 Å². The molecule has 1 atom stereocenters. The molecule has 0 bridgehead atoms. The van der Waals surface area contributed by atoms with Crippen LogP contribution in [-0.2, 0) is 4.79 Å². The SMILES string of the molecule is O=C(NC1CC1)c1ccccc1NC(=O)[C@@H]1CC=CCC1. The quantitative estimate of drug-likeness (QED) is 0.835. The number of allylic oxidation sites excluding steroid dienone is 2. The zero-order chi connectivity index (χ0) is 14.7. The fraction of sp³-hybridized carbons (Fsp3) is 0.412. The highest BCUT2D eigenvalue weighted by Crippen LogP contribution is 2.24. The van der Waals surface area contributed by atoms with E-state index in [1.54, 1.807) is 12.1 Å². The summed E-state index contributed by atoms with van der Waals surface area (Å²) in [5.41, 5.74) is 1.15. The van der Waals surface area contributed by atoms with Gasteiger partial charge in [0.15, 0.2) is 0 Å². The van der Waals surface area contributed by atoms with Crippen molar-refractivity contribution in [2.45, 2.75) is 38.1 Å². The van der Waals surface area contributed by atoms with Gasteiger partial charge in [0.05, 0.1) is 11.3 Å². The normalized spacial score (nSPS) is 20.9. The van der Waals surface area contributed by atoms with Crippen molar-refractivity contribution in [3.8, 4) is 0 Å². The summed E-state index contributed by atoms with van der Waals surface area (Å²) < 4.78 is 0. The summed E-state index contributed by atoms with van der Waals surface area (Å²) in [7, 11) is 0. The van der Waals surface area contributed by atoms with E-state index >= 15 is 0 Å². The number of rotatable bonds is 4. The highest BCUT2D eigenvalue weighted by atomic mass is 16.2. The summed E-state index contributed by atoms with van der Waals surface area (Å²) in [4.78, 5) is 24.5. The Balaban J connectivity index is 1.70. The van der Waals surface area contributed by atoms with Crippen LogP contribution in [0.5, 0.6) is 0 Å². The number of hydrogen-bond acceptors (Lipinski definition) is 2. The molecular weight excluding hydrogens is 264 g/mol. The molecule has 0 spiro atoms. The average molecular weight is 284 g/mol. The van der Waals surface area contributed by atoms with Crippen molar-refractivity contribution in [1.82, 2.24) is 5.32 Å². The van der Waals surface area contributed by atoms with E-state index in [1.165, 1.54) is 0 Å². The molecule has 1 aromatic rings. The third kappa shape index (κ3) is 3.51. The van der Waals surface area contributed by atoms with Crippen molar-refractivity contribution in [1.29, 1.82) is 0 Å². The van der Waals surface area contributed by atoms with E-state index in [0.29, 0.717) is 17.3 Å². The maximum Gasteiger partial charge on any atom is 0.253 e. The molecule has 2 aliphatic rings. The number of anilines is 1. The molecule has 2 aliphatic carbocycles. The number of para-hydroxylation sites is 1. The second-order valence-corrected chi connectivity index (χ2v) is 5.76. The predicted octanol–water partition coefficient (Wildman–Crippen LogP) is 2.87. The van der Waals surface area contributed by atoms with Gasteiger partial charge in [-0.05, 0) is 44.2 Å². The van der Waals surface area contributed by atoms with Crippen LogP contribution in [0.1, 0.15) is 42.5 Å². The molecule has 4 nitrogen and oxygen atoms in total. The van der Waals surface area contributed by atoms with Crippen molar-refractivity contribution in [2.24, 2.45) is 5.92 Å². The first kappa shape index (κ1) is 13.9. The third-order valence-electron chi connectivity index (χ3n) is 3.98. The lowest BCUT2D eigenvalue weighted by Crippen LogP contribution is -2.28. The summed E-state index contributed by atoms with van der Waals surface area (Å²) in [5, 5.41) is 5.88. The van der Waals surface area contributed by atoms with Crippen LogP contribution in [-0.4, -0.2) is 17.9 Å². The molecule has 1 aromatic carbocycles. The molecule has 0 aromatic heterocycles. The van der Waals surface area contributed by atoms with Crippen LogP contribution in [0.3, 0.4) is 0 Å². The topological polar surface area (TPSA) is 58.2 Å². The van der Waals surface area contributed by atoms with E-state index in [1.807, 2.05) is 12.1 Å². The lowest BCUT2D eigenvalue weighted by atomic mass is 9.93. The third-order valence-corrected chi connectivity index (χ3v) is 3.98. The number of carbonyl (C=O) groups is 2. The first-order chi connectivity index (χ1) is 10.2. The Labute approximate surface area is 124 Å². The number of nitrogens with one attached hydrogen (secondary N) is 2. The van der Waals surface area contributed by atoms with E-state index in [9.17, 15) is 9.59 Å². The Morgan fingerprint density at radius 1 is 1.05 bits per heavy atom. The number of benzene rings is 1. The van der Waals surface area contributed by atoms with E-state index < -0.39 is 0 Å². The molecule has 0 heterocycles. The molecule has 110 valence electrons. The monoisotopic (exact) mass is 284 g/mol. The smallest absolute Gasteiger partial charge is 0.253 e. The largest absolute Gasteiger partial charge is 0.349 e. The predicted molar refractivity (Wildman–Crippen MR) is 82.0 cm³/mol. The van der Waals surface area contributed by atoms with Crippen molar-refractivity contribution >= 4 is 17.5 Å². The van der Waals surface area contributed by atoms with Gasteiger partial charge in [0.25, 0.3) is 5.91 Å². The van der Waals surface area contributed by atoms with Gasteiger partial charge in [0, 0.05) is 12.0 Å². The summed E-state index contributed by atoms with van der Waals surface area (Å²) >= 11 is 0.